The highest BCUT2D eigenvalue weighted by Gasteiger charge is 2.27. The van der Waals surface area contributed by atoms with Crippen molar-refractivity contribution in [1.29, 1.82) is 0 Å². The first kappa shape index (κ1) is 24.5. The molecule has 35 heavy (non-hydrogen) atoms. The van der Waals surface area contributed by atoms with Crippen molar-refractivity contribution in [2.75, 3.05) is 26.3 Å². The highest BCUT2D eigenvalue weighted by molar-refractivity contribution is 6.36. The van der Waals surface area contributed by atoms with E-state index in [1.165, 1.54) is 5.56 Å². The predicted octanol–water partition coefficient (Wildman–Crippen LogP) is 8.26. The van der Waals surface area contributed by atoms with Crippen molar-refractivity contribution in [1.82, 2.24) is 4.90 Å². The van der Waals surface area contributed by atoms with Crippen LogP contribution in [0.15, 0.2) is 60.7 Å². The summed E-state index contributed by atoms with van der Waals surface area (Å²) in [6, 6.07) is 19.7. The summed E-state index contributed by atoms with van der Waals surface area (Å²) in [7, 11) is 0. The number of fused-ring (bicyclic) bond motifs is 1. The largest absolute Gasteiger partial charge is 0.303 e. The number of halogens is 4. The Kier molecular flexibility index (Phi) is 7.57. The summed E-state index contributed by atoms with van der Waals surface area (Å²) in [6.07, 6.45) is 4.10. The Hall–Kier alpha value is -2.20. The van der Waals surface area contributed by atoms with E-state index in [0.717, 1.165) is 72.3 Å². The number of likely N-dealkylation sites (tertiary alicyclic amines) is 1. The molecular formula is C30H29Cl2F2N. The Balaban J connectivity index is 1.51. The van der Waals surface area contributed by atoms with E-state index in [1.54, 1.807) is 12.1 Å². The van der Waals surface area contributed by atoms with Gasteiger partial charge in [0.1, 0.15) is 5.82 Å². The van der Waals surface area contributed by atoms with Crippen LogP contribution in [0.1, 0.15) is 47.1 Å². The zero-order valence-corrected chi connectivity index (χ0v) is 21.2. The molecule has 0 aromatic heterocycles. The van der Waals surface area contributed by atoms with Crippen LogP contribution in [0, 0.1) is 11.7 Å². The van der Waals surface area contributed by atoms with Gasteiger partial charge in [0.2, 0.25) is 0 Å². The van der Waals surface area contributed by atoms with Gasteiger partial charge in [0.25, 0.3) is 0 Å². The number of rotatable bonds is 7. The van der Waals surface area contributed by atoms with E-state index in [1.807, 2.05) is 24.3 Å². The lowest BCUT2D eigenvalue weighted by Gasteiger charge is -2.39. The lowest BCUT2D eigenvalue weighted by atomic mass is 9.86. The van der Waals surface area contributed by atoms with Crippen molar-refractivity contribution in [2.24, 2.45) is 5.92 Å². The summed E-state index contributed by atoms with van der Waals surface area (Å²) >= 11 is 12.8. The van der Waals surface area contributed by atoms with Crippen LogP contribution in [0.4, 0.5) is 8.78 Å². The van der Waals surface area contributed by atoms with Gasteiger partial charge in [-0.3, -0.25) is 4.39 Å². The summed E-state index contributed by atoms with van der Waals surface area (Å²) in [5.74, 6) is 0.261. The Morgan fingerprint density at radius 2 is 1.74 bits per heavy atom. The number of nitrogens with zero attached hydrogens (tertiary/aromatic N) is 1. The van der Waals surface area contributed by atoms with Crippen LogP contribution >= 0.6 is 23.2 Å². The third kappa shape index (κ3) is 5.33. The average molecular weight is 512 g/mol. The molecule has 3 aromatic rings. The van der Waals surface area contributed by atoms with Gasteiger partial charge < -0.3 is 4.90 Å². The second-order valence-electron chi connectivity index (χ2n) is 9.67. The first-order valence-electron chi connectivity index (χ1n) is 12.4. The fourth-order valence-electron chi connectivity index (χ4n) is 5.51. The topological polar surface area (TPSA) is 3.24 Å². The number of hydrogen-bond acceptors (Lipinski definition) is 1. The zero-order valence-electron chi connectivity index (χ0n) is 19.7. The maximum absolute atomic E-state index is 15.4. The molecule has 5 rings (SSSR count). The third-order valence-corrected chi connectivity index (χ3v) is 7.76. The monoisotopic (exact) mass is 511 g/mol. The minimum Gasteiger partial charge on any atom is -0.303 e. The molecule has 1 nitrogen and oxygen atoms in total. The minimum atomic E-state index is -0.278. The molecule has 0 atom stereocenters. The molecule has 1 aliphatic heterocycles. The van der Waals surface area contributed by atoms with E-state index < -0.39 is 0 Å². The highest BCUT2D eigenvalue weighted by Crippen LogP contribution is 2.42. The Morgan fingerprint density at radius 3 is 2.51 bits per heavy atom. The Morgan fingerprint density at radius 1 is 0.914 bits per heavy atom. The molecular weight excluding hydrogens is 483 g/mol. The van der Waals surface area contributed by atoms with Crippen LogP contribution in [0.3, 0.4) is 0 Å². The van der Waals surface area contributed by atoms with Crippen LogP contribution in [-0.2, 0) is 12.8 Å². The first-order valence-corrected chi connectivity index (χ1v) is 13.1. The fraction of sp³-hybridized carbons (Fsp3) is 0.333. The van der Waals surface area contributed by atoms with E-state index in [-0.39, 0.29) is 12.5 Å². The van der Waals surface area contributed by atoms with Crippen molar-refractivity contribution in [3.63, 3.8) is 0 Å². The molecule has 1 aliphatic carbocycles. The zero-order chi connectivity index (χ0) is 24.4. The lowest BCUT2D eigenvalue weighted by molar-refractivity contribution is 0.0962. The van der Waals surface area contributed by atoms with Crippen molar-refractivity contribution >= 4 is 34.3 Å². The van der Waals surface area contributed by atoms with Gasteiger partial charge in [-0.1, -0.05) is 65.7 Å². The van der Waals surface area contributed by atoms with E-state index in [4.69, 9.17) is 23.2 Å². The van der Waals surface area contributed by atoms with Gasteiger partial charge in [0.15, 0.2) is 0 Å². The van der Waals surface area contributed by atoms with Gasteiger partial charge in [-0.25, -0.2) is 4.39 Å². The van der Waals surface area contributed by atoms with E-state index in [2.05, 4.69) is 29.2 Å². The van der Waals surface area contributed by atoms with E-state index in [0.29, 0.717) is 28.8 Å². The fourth-order valence-corrected chi connectivity index (χ4v) is 6.03. The molecule has 1 fully saturated rings. The first-order chi connectivity index (χ1) is 17.0. The maximum Gasteiger partial charge on any atom is 0.127 e. The second kappa shape index (κ2) is 10.8. The number of alkyl halides is 1. The SMILES string of the molecule is FCCCN1CC(Cc2ccc(C3=C(c4ccc(Cl)cc4Cl)CCCc4ccccc43)cc2F)C1. The van der Waals surface area contributed by atoms with Crippen molar-refractivity contribution in [3.05, 3.63) is 104 Å². The molecule has 1 saturated heterocycles. The second-order valence-corrected chi connectivity index (χ2v) is 10.5. The number of hydrogen-bond donors (Lipinski definition) is 0. The van der Waals surface area contributed by atoms with Crippen LogP contribution in [0.5, 0.6) is 0 Å². The van der Waals surface area contributed by atoms with Gasteiger partial charge in [-0.15, -0.1) is 0 Å². The van der Waals surface area contributed by atoms with Crippen LogP contribution in [0.2, 0.25) is 10.0 Å². The summed E-state index contributed by atoms with van der Waals surface area (Å²) < 4.78 is 27.8. The lowest BCUT2D eigenvalue weighted by Crippen LogP contribution is -2.48. The summed E-state index contributed by atoms with van der Waals surface area (Å²) in [6.45, 7) is 2.34. The van der Waals surface area contributed by atoms with Crippen molar-refractivity contribution in [2.45, 2.75) is 32.1 Å². The third-order valence-electron chi connectivity index (χ3n) is 7.21. The highest BCUT2D eigenvalue weighted by atomic mass is 35.5. The van der Waals surface area contributed by atoms with Crippen LogP contribution < -0.4 is 0 Å². The standard InChI is InChI=1S/C30H29Cl2F2N/c31-24-11-12-26(28(32)17-24)27-8-3-6-21-5-1-2-7-25(21)30(27)23-10-9-22(29(34)16-23)15-20-18-35(19-20)14-4-13-33/h1-2,5,7,9-12,16-17,20H,3-4,6,8,13-15,18-19H2. The van der Waals surface area contributed by atoms with E-state index >= 15 is 4.39 Å². The quantitative estimate of drug-likeness (QED) is 0.308. The molecule has 0 spiro atoms. The number of aryl methyl sites for hydroxylation is 1. The molecule has 5 heteroatoms. The molecule has 0 amide bonds. The molecule has 0 N–H and O–H groups in total. The number of benzene rings is 3. The molecule has 182 valence electrons. The van der Waals surface area contributed by atoms with E-state index in [9.17, 15) is 4.39 Å². The van der Waals surface area contributed by atoms with Gasteiger partial charge in [0, 0.05) is 29.7 Å². The molecule has 0 saturated carbocycles. The van der Waals surface area contributed by atoms with Gasteiger partial charge in [0.05, 0.1) is 6.67 Å². The molecule has 0 unspecified atom stereocenters. The average Bonchev–Trinajstić information content (AvgIpc) is 3.01. The molecule has 0 radical (unpaired) electrons. The van der Waals surface area contributed by atoms with Crippen LogP contribution in [-0.4, -0.2) is 31.2 Å². The smallest absolute Gasteiger partial charge is 0.127 e. The summed E-state index contributed by atoms with van der Waals surface area (Å²) in [5.41, 5.74) is 7.17. The van der Waals surface area contributed by atoms with Crippen molar-refractivity contribution < 1.29 is 8.78 Å². The summed E-state index contributed by atoms with van der Waals surface area (Å²) in [4.78, 5) is 2.24. The maximum atomic E-state index is 15.4. The number of allylic oxidation sites excluding steroid dienone is 1. The minimum absolute atomic E-state index is 0.166. The molecule has 3 aromatic carbocycles. The normalized spacial score (nSPS) is 16.7. The predicted molar refractivity (Wildman–Crippen MR) is 142 cm³/mol. The van der Waals surface area contributed by atoms with Gasteiger partial charge in [-0.05, 0) is 95.2 Å². The summed E-state index contributed by atoms with van der Waals surface area (Å²) in [5, 5.41) is 1.22. The molecule has 1 heterocycles. The van der Waals surface area contributed by atoms with Gasteiger partial charge in [-0.2, -0.15) is 0 Å². The Labute approximate surface area is 216 Å². The Bertz CT molecular complexity index is 1250. The van der Waals surface area contributed by atoms with Crippen LogP contribution in [0.25, 0.3) is 11.1 Å². The molecule has 0 bridgehead atoms. The molecule has 2 aliphatic rings. The van der Waals surface area contributed by atoms with Crippen molar-refractivity contribution in [3.8, 4) is 0 Å². The van der Waals surface area contributed by atoms with Gasteiger partial charge >= 0.3 is 0 Å².